The van der Waals surface area contributed by atoms with Crippen LogP contribution in [0.2, 0.25) is 0 Å². The molecule has 0 unspecified atom stereocenters. The van der Waals surface area contributed by atoms with Crippen LogP contribution in [0.1, 0.15) is 12.5 Å². The molecular formula is C22H23N2O3PS. The fourth-order valence-electron chi connectivity index (χ4n) is 2.58. The van der Waals surface area contributed by atoms with E-state index in [9.17, 15) is 4.57 Å². The van der Waals surface area contributed by atoms with E-state index in [4.69, 9.17) is 14.5 Å². The van der Waals surface area contributed by atoms with E-state index in [1.165, 1.54) is 11.8 Å². The fourth-order valence-corrected chi connectivity index (χ4v) is 4.71. The van der Waals surface area contributed by atoms with Crippen molar-refractivity contribution in [1.29, 1.82) is 5.41 Å². The highest BCUT2D eigenvalue weighted by atomic mass is 32.2. The zero-order valence-electron chi connectivity index (χ0n) is 16.3. The van der Waals surface area contributed by atoms with E-state index >= 15 is 0 Å². The first-order valence-electron chi connectivity index (χ1n) is 9.09. The summed E-state index contributed by atoms with van der Waals surface area (Å²) >= 11 is 1.34. The lowest BCUT2D eigenvalue weighted by atomic mass is 10.2. The summed E-state index contributed by atoms with van der Waals surface area (Å²) in [6.07, 6.45) is -0.0230. The van der Waals surface area contributed by atoms with Crippen molar-refractivity contribution >= 4 is 30.1 Å². The van der Waals surface area contributed by atoms with Gasteiger partial charge in [0, 0.05) is 10.6 Å². The predicted molar refractivity (Wildman–Crippen MR) is 121 cm³/mol. The fraction of sp³-hybridized carbons (Fsp3) is 0.136. The van der Waals surface area contributed by atoms with Gasteiger partial charge in [-0.15, -0.1) is 0 Å². The highest BCUT2D eigenvalue weighted by molar-refractivity contribution is 8.13. The monoisotopic (exact) mass is 426 g/mol. The number of hydrogen-bond donors (Lipinski definition) is 2. The Morgan fingerprint density at radius 1 is 0.966 bits per heavy atom. The molecule has 0 fully saturated rings. The second kappa shape index (κ2) is 9.68. The molecule has 150 valence electrons. The van der Waals surface area contributed by atoms with Gasteiger partial charge in [0.25, 0.3) is 0 Å². The van der Waals surface area contributed by atoms with E-state index < -0.39 is 7.60 Å². The number of hydrogen-bond acceptors (Lipinski definition) is 6. The Morgan fingerprint density at radius 3 is 2.03 bits per heavy atom. The molecule has 7 heteroatoms. The summed E-state index contributed by atoms with van der Waals surface area (Å²) in [5, 5.41) is 11.4. The molecule has 3 aromatic rings. The van der Waals surface area contributed by atoms with Crippen LogP contribution >= 0.6 is 19.4 Å². The van der Waals surface area contributed by atoms with Crippen LogP contribution in [0, 0.1) is 12.3 Å². The molecule has 0 amide bonds. The summed E-state index contributed by atoms with van der Waals surface area (Å²) in [5.74, 6) is 0.950. The molecule has 3 aromatic carbocycles. The molecule has 0 aliphatic rings. The van der Waals surface area contributed by atoms with Gasteiger partial charge in [-0.3, -0.25) is 5.41 Å². The van der Waals surface area contributed by atoms with Crippen LogP contribution in [0.3, 0.4) is 0 Å². The lowest BCUT2D eigenvalue weighted by Gasteiger charge is -2.22. The van der Waals surface area contributed by atoms with Crippen LogP contribution < -0.4 is 14.4 Å². The van der Waals surface area contributed by atoms with Gasteiger partial charge < -0.3 is 14.4 Å². The Bertz CT molecular complexity index is 968. The molecule has 5 nitrogen and oxygen atoms in total. The smallest absolute Gasteiger partial charge is 0.415 e. The van der Waals surface area contributed by atoms with Gasteiger partial charge in [-0.2, -0.15) is 0 Å². The van der Waals surface area contributed by atoms with Gasteiger partial charge >= 0.3 is 7.60 Å². The Balaban J connectivity index is 1.84. The first-order valence-corrected chi connectivity index (χ1v) is 11.6. The molecule has 3 rings (SSSR count). The lowest BCUT2D eigenvalue weighted by Crippen LogP contribution is -2.12. The maximum atomic E-state index is 13.6. The third-order valence-corrected chi connectivity index (χ3v) is 6.24. The van der Waals surface area contributed by atoms with Gasteiger partial charge in [-0.1, -0.05) is 54.2 Å². The SMILES string of the molecule is CC(=N)Sc1ccc(C)cc1NCP(=O)(Oc1ccccc1)Oc1ccccc1. The molecule has 0 aromatic heterocycles. The second-order valence-electron chi connectivity index (χ2n) is 6.41. The Morgan fingerprint density at radius 2 is 1.52 bits per heavy atom. The molecule has 0 spiro atoms. The zero-order valence-corrected chi connectivity index (χ0v) is 18.0. The van der Waals surface area contributed by atoms with Gasteiger partial charge in [0.15, 0.2) is 0 Å². The van der Waals surface area contributed by atoms with Crippen molar-refractivity contribution in [3.63, 3.8) is 0 Å². The highest BCUT2D eigenvalue weighted by Gasteiger charge is 2.28. The number of aryl methyl sites for hydroxylation is 1. The van der Waals surface area contributed by atoms with Crippen LogP contribution in [0.15, 0.2) is 83.8 Å². The van der Waals surface area contributed by atoms with E-state index in [1.807, 2.05) is 61.5 Å². The number of thioether (sulfide) groups is 1. The van der Waals surface area contributed by atoms with Gasteiger partial charge in [0.1, 0.15) is 17.8 Å². The average molecular weight is 426 g/mol. The Hall–Kier alpha value is -2.69. The first kappa shape index (κ1) is 21.0. The third kappa shape index (κ3) is 6.41. The number of para-hydroxylation sites is 2. The number of benzene rings is 3. The molecule has 0 saturated carbocycles. The predicted octanol–water partition coefficient (Wildman–Crippen LogP) is 6.80. The standard InChI is InChI=1S/C22H23N2O3PS/c1-17-13-14-22(29-18(2)23)21(15-17)24-16-28(25,26-19-9-5-3-6-10-19)27-20-11-7-4-8-12-20/h3-15,23-24H,16H2,1-2H3. The van der Waals surface area contributed by atoms with Crippen molar-refractivity contribution < 1.29 is 13.6 Å². The van der Waals surface area contributed by atoms with Crippen molar-refractivity contribution in [3.05, 3.63) is 84.4 Å². The molecule has 0 heterocycles. The maximum absolute atomic E-state index is 13.6. The van der Waals surface area contributed by atoms with Crippen LogP contribution in [0.4, 0.5) is 5.69 Å². The van der Waals surface area contributed by atoms with E-state index in [0.717, 1.165) is 16.1 Å². The minimum absolute atomic E-state index is 0.0230. The van der Waals surface area contributed by atoms with Crippen molar-refractivity contribution in [2.75, 3.05) is 11.6 Å². The molecule has 29 heavy (non-hydrogen) atoms. The van der Waals surface area contributed by atoms with Crippen LogP contribution in [0.5, 0.6) is 11.5 Å². The highest BCUT2D eigenvalue weighted by Crippen LogP contribution is 2.48. The van der Waals surface area contributed by atoms with Crippen molar-refractivity contribution in [2.24, 2.45) is 0 Å². The minimum atomic E-state index is -3.57. The number of nitrogens with one attached hydrogen (secondary N) is 2. The van der Waals surface area contributed by atoms with Crippen LogP contribution in [0.25, 0.3) is 0 Å². The van der Waals surface area contributed by atoms with E-state index in [-0.39, 0.29) is 6.29 Å². The normalized spacial score (nSPS) is 11.0. The maximum Gasteiger partial charge on any atom is 0.449 e. The van der Waals surface area contributed by atoms with Gasteiger partial charge in [-0.05, 0) is 55.8 Å². The summed E-state index contributed by atoms with van der Waals surface area (Å²) in [4.78, 5) is 0.883. The van der Waals surface area contributed by atoms with Crippen molar-refractivity contribution in [3.8, 4) is 11.5 Å². The van der Waals surface area contributed by atoms with Gasteiger partial charge in [-0.25, -0.2) is 4.57 Å². The molecule has 0 radical (unpaired) electrons. The molecule has 0 atom stereocenters. The largest absolute Gasteiger partial charge is 0.449 e. The minimum Gasteiger partial charge on any atom is -0.415 e. The van der Waals surface area contributed by atoms with Crippen molar-refractivity contribution in [1.82, 2.24) is 0 Å². The van der Waals surface area contributed by atoms with E-state index in [1.54, 1.807) is 31.2 Å². The zero-order chi connectivity index (χ0) is 20.7. The summed E-state index contributed by atoms with van der Waals surface area (Å²) < 4.78 is 25.2. The molecule has 0 aliphatic heterocycles. The molecule has 0 saturated heterocycles. The number of rotatable bonds is 8. The van der Waals surface area contributed by atoms with Gasteiger partial charge in [0.2, 0.25) is 0 Å². The van der Waals surface area contributed by atoms with Crippen LogP contribution in [-0.4, -0.2) is 11.3 Å². The van der Waals surface area contributed by atoms with Crippen LogP contribution in [-0.2, 0) is 4.57 Å². The Kier molecular flexibility index (Phi) is 7.02. The summed E-state index contributed by atoms with van der Waals surface area (Å²) in [7, 11) is -3.57. The number of anilines is 1. The van der Waals surface area contributed by atoms with E-state index in [0.29, 0.717) is 16.5 Å². The molecular weight excluding hydrogens is 403 g/mol. The summed E-state index contributed by atoms with van der Waals surface area (Å²) in [5.41, 5.74) is 1.84. The summed E-state index contributed by atoms with van der Waals surface area (Å²) in [6.45, 7) is 3.72. The molecule has 0 aliphatic carbocycles. The average Bonchev–Trinajstić information content (AvgIpc) is 2.69. The lowest BCUT2D eigenvalue weighted by molar-refractivity contribution is 0.388. The first-order chi connectivity index (χ1) is 13.9. The van der Waals surface area contributed by atoms with Gasteiger partial charge in [0.05, 0.1) is 5.04 Å². The second-order valence-corrected chi connectivity index (χ2v) is 9.57. The topological polar surface area (TPSA) is 71.4 Å². The third-order valence-electron chi connectivity index (χ3n) is 3.84. The molecule has 2 N–H and O–H groups in total. The van der Waals surface area contributed by atoms with Crippen molar-refractivity contribution in [2.45, 2.75) is 18.7 Å². The Labute approximate surface area is 175 Å². The quantitative estimate of drug-likeness (QED) is 0.179. The summed E-state index contributed by atoms with van der Waals surface area (Å²) in [6, 6.07) is 23.9. The van der Waals surface area contributed by atoms with E-state index in [2.05, 4.69) is 5.32 Å². The molecule has 0 bridgehead atoms.